The van der Waals surface area contributed by atoms with Crippen LogP contribution >= 0.6 is 0 Å². The van der Waals surface area contributed by atoms with Gasteiger partial charge in [-0.1, -0.05) is 0 Å². The molecule has 5 heteroatoms. The first-order valence-corrected chi connectivity index (χ1v) is 5.98. The zero-order valence-corrected chi connectivity index (χ0v) is 10.4. The summed E-state index contributed by atoms with van der Waals surface area (Å²) in [6.07, 6.45) is 4.09. The molecular formula is C12H19N3O2. The lowest BCUT2D eigenvalue weighted by Gasteiger charge is -2.22. The van der Waals surface area contributed by atoms with Gasteiger partial charge in [-0.2, -0.15) is 0 Å². The maximum absolute atomic E-state index is 10.9. The average molecular weight is 237 g/mol. The lowest BCUT2D eigenvalue weighted by Crippen LogP contribution is -2.26. The molecule has 0 bridgehead atoms. The summed E-state index contributed by atoms with van der Waals surface area (Å²) in [6, 6.07) is 0. The number of nitrogens with zero attached hydrogens (tertiary/aromatic N) is 3. The molecule has 1 N–H and O–H groups in total. The van der Waals surface area contributed by atoms with Crippen LogP contribution in [-0.2, 0) is 24.2 Å². The number of fused-ring (bicyclic) bond motifs is 1. The Bertz CT molecular complexity index is 412. The molecule has 1 aromatic heterocycles. The van der Waals surface area contributed by atoms with Gasteiger partial charge in [0.15, 0.2) is 0 Å². The minimum absolute atomic E-state index is 0.235. The van der Waals surface area contributed by atoms with Crippen molar-refractivity contribution in [1.29, 1.82) is 0 Å². The number of hydrogen-bond donors (Lipinski definition) is 1. The highest BCUT2D eigenvalue weighted by molar-refractivity contribution is 5.70. The monoisotopic (exact) mass is 237 g/mol. The van der Waals surface area contributed by atoms with E-state index in [0.717, 1.165) is 31.0 Å². The molecule has 2 rings (SSSR count). The second-order valence-electron chi connectivity index (χ2n) is 4.90. The van der Waals surface area contributed by atoms with Gasteiger partial charge < -0.3 is 14.6 Å². The number of aliphatic carboxylic acids is 1. The molecule has 0 fully saturated rings. The van der Waals surface area contributed by atoms with E-state index in [1.165, 1.54) is 0 Å². The van der Waals surface area contributed by atoms with Crippen molar-refractivity contribution in [3.63, 3.8) is 0 Å². The summed E-state index contributed by atoms with van der Waals surface area (Å²) in [5.74, 6) is 0.158. The van der Waals surface area contributed by atoms with Crippen molar-refractivity contribution in [3.8, 4) is 0 Å². The predicted octanol–water partition coefficient (Wildman–Crippen LogP) is 0.634. The van der Waals surface area contributed by atoms with Gasteiger partial charge in [0.25, 0.3) is 0 Å². The number of carbonyl (C=O) groups is 1. The Kier molecular flexibility index (Phi) is 3.47. The van der Waals surface area contributed by atoms with Crippen molar-refractivity contribution in [3.05, 3.63) is 17.7 Å². The lowest BCUT2D eigenvalue weighted by atomic mass is 9.96. The number of carboxylic acids is 1. The fraction of sp³-hybridized carbons (Fsp3) is 0.667. The number of imidazole rings is 1. The molecule has 0 saturated heterocycles. The van der Waals surface area contributed by atoms with Gasteiger partial charge in [0, 0.05) is 37.8 Å². The molecule has 94 valence electrons. The topological polar surface area (TPSA) is 58.4 Å². The molecule has 1 aliphatic rings. The van der Waals surface area contributed by atoms with Crippen LogP contribution in [0.3, 0.4) is 0 Å². The fourth-order valence-electron chi connectivity index (χ4n) is 2.26. The van der Waals surface area contributed by atoms with Crippen LogP contribution in [0.4, 0.5) is 0 Å². The van der Waals surface area contributed by atoms with Crippen LogP contribution in [0.15, 0.2) is 6.20 Å². The van der Waals surface area contributed by atoms with Crippen molar-refractivity contribution in [2.45, 2.75) is 25.8 Å². The van der Waals surface area contributed by atoms with Crippen molar-refractivity contribution < 1.29 is 9.90 Å². The summed E-state index contributed by atoms with van der Waals surface area (Å²) in [6.45, 7) is 1.76. The number of carboxylic acid groups (broad SMARTS) is 1. The van der Waals surface area contributed by atoms with Crippen LogP contribution < -0.4 is 0 Å². The lowest BCUT2D eigenvalue weighted by molar-refractivity contribution is -0.142. The first-order chi connectivity index (χ1) is 8.08. The molecule has 1 atom stereocenters. The van der Waals surface area contributed by atoms with Crippen LogP contribution in [0.25, 0.3) is 0 Å². The van der Waals surface area contributed by atoms with Crippen LogP contribution in [0, 0.1) is 5.92 Å². The molecule has 1 unspecified atom stereocenters. The zero-order valence-electron chi connectivity index (χ0n) is 10.4. The highest BCUT2D eigenvalue weighted by Gasteiger charge is 2.25. The van der Waals surface area contributed by atoms with Crippen LogP contribution in [-0.4, -0.2) is 46.2 Å². The Balaban J connectivity index is 2.07. The summed E-state index contributed by atoms with van der Waals surface area (Å²) in [7, 11) is 4.08. The van der Waals surface area contributed by atoms with Gasteiger partial charge in [-0.3, -0.25) is 4.79 Å². The standard InChI is InChI=1S/C12H19N3O2/c1-14(2)5-4-11-13-8-10-7-9(12(16)17)3-6-15(10)11/h8-9H,3-7H2,1-2H3,(H,16,17). The third-order valence-corrected chi connectivity index (χ3v) is 3.31. The Hall–Kier alpha value is -1.36. The number of hydrogen-bond acceptors (Lipinski definition) is 3. The van der Waals surface area contributed by atoms with Crippen LogP contribution in [0.1, 0.15) is 17.9 Å². The molecule has 17 heavy (non-hydrogen) atoms. The van der Waals surface area contributed by atoms with Gasteiger partial charge in [-0.15, -0.1) is 0 Å². The smallest absolute Gasteiger partial charge is 0.306 e. The number of likely N-dealkylation sites (N-methyl/N-ethyl adjacent to an activating group) is 1. The van der Waals surface area contributed by atoms with E-state index in [2.05, 4.69) is 14.5 Å². The number of rotatable bonds is 4. The number of aromatic nitrogens is 2. The maximum atomic E-state index is 10.9. The van der Waals surface area contributed by atoms with Crippen molar-refractivity contribution in [2.75, 3.05) is 20.6 Å². The van der Waals surface area contributed by atoms with E-state index in [4.69, 9.17) is 5.11 Å². The molecular weight excluding hydrogens is 218 g/mol. The Morgan fingerprint density at radius 3 is 3.06 bits per heavy atom. The zero-order chi connectivity index (χ0) is 12.4. The van der Waals surface area contributed by atoms with Gasteiger partial charge in [0.1, 0.15) is 5.82 Å². The normalized spacial score (nSPS) is 19.4. The molecule has 0 amide bonds. The summed E-state index contributed by atoms with van der Waals surface area (Å²) in [5, 5.41) is 9.01. The molecule has 0 saturated carbocycles. The summed E-state index contributed by atoms with van der Waals surface area (Å²) in [4.78, 5) is 17.5. The molecule has 0 spiro atoms. The highest BCUT2D eigenvalue weighted by Crippen LogP contribution is 2.22. The van der Waals surface area contributed by atoms with E-state index in [1.807, 2.05) is 20.3 Å². The SMILES string of the molecule is CN(C)CCc1ncc2n1CCC(C(=O)O)C2. The average Bonchev–Trinajstić information content (AvgIpc) is 2.68. The predicted molar refractivity (Wildman–Crippen MR) is 63.9 cm³/mol. The molecule has 5 nitrogen and oxygen atoms in total. The van der Waals surface area contributed by atoms with E-state index in [0.29, 0.717) is 12.8 Å². The van der Waals surface area contributed by atoms with E-state index in [9.17, 15) is 4.79 Å². The molecule has 2 heterocycles. The Morgan fingerprint density at radius 1 is 1.65 bits per heavy atom. The third-order valence-electron chi connectivity index (χ3n) is 3.31. The Morgan fingerprint density at radius 2 is 2.41 bits per heavy atom. The van der Waals surface area contributed by atoms with Crippen LogP contribution in [0.2, 0.25) is 0 Å². The van der Waals surface area contributed by atoms with Crippen molar-refractivity contribution >= 4 is 5.97 Å². The molecule has 1 aromatic rings. The molecule has 0 aromatic carbocycles. The minimum atomic E-state index is -0.688. The van der Waals surface area contributed by atoms with E-state index < -0.39 is 5.97 Å². The summed E-state index contributed by atoms with van der Waals surface area (Å²) >= 11 is 0. The van der Waals surface area contributed by atoms with E-state index in [1.54, 1.807) is 0 Å². The molecule has 1 aliphatic heterocycles. The van der Waals surface area contributed by atoms with Gasteiger partial charge >= 0.3 is 5.97 Å². The summed E-state index contributed by atoms with van der Waals surface area (Å²) < 4.78 is 2.18. The fourth-order valence-corrected chi connectivity index (χ4v) is 2.26. The van der Waals surface area contributed by atoms with Gasteiger partial charge in [-0.25, -0.2) is 4.98 Å². The maximum Gasteiger partial charge on any atom is 0.306 e. The van der Waals surface area contributed by atoms with Gasteiger partial charge in [0.2, 0.25) is 0 Å². The largest absolute Gasteiger partial charge is 0.481 e. The first-order valence-electron chi connectivity index (χ1n) is 5.98. The van der Waals surface area contributed by atoms with Crippen molar-refractivity contribution in [2.24, 2.45) is 5.92 Å². The second kappa shape index (κ2) is 4.87. The minimum Gasteiger partial charge on any atom is -0.481 e. The Labute approximate surface area is 101 Å². The van der Waals surface area contributed by atoms with E-state index in [-0.39, 0.29) is 5.92 Å². The molecule has 0 aliphatic carbocycles. The molecule has 0 radical (unpaired) electrons. The quantitative estimate of drug-likeness (QED) is 0.834. The van der Waals surface area contributed by atoms with Crippen LogP contribution in [0.5, 0.6) is 0 Å². The first kappa shape index (κ1) is 12.1. The van der Waals surface area contributed by atoms with E-state index >= 15 is 0 Å². The van der Waals surface area contributed by atoms with Crippen molar-refractivity contribution in [1.82, 2.24) is 14.5 Å². The summed E-state index contributed by atoms with van der Waals surface area (Å²) in [5.41, 5.74) is 1.07. The third kappa shape index (κ3) is 2.66. The highest BCUT2D eigenvalue weighted by atomic mass is 16.4. The van der Waals surface area contributed by atoms with Gasteiger partial charge in [0.05, 0.1) is 5.92 Å². The van der Waals surface area contributed by atoms with Gasteiger partial charge in [-0.05, 0) is 20.5 Å². The second-order valence-corrected chi connectivity index (χ2v) is 4.90.